The van der Waals surface area contributed by atoms with Gasteiger partial charge in [0.1, 0.15) is 6.20 Å². The van der Waals surface area contributed by atoms with Crippen LogP contribution in [0, 0.1) is 16.0 Å². The first kappa shape index (κ1) is 10.8. The van der Waals surface area contributed by atoms with E-state index in [1.54, 1.807) is 0 Å². The minimum atomic E-state index is -0.559. The van der Waals surface area contributed by atoms with Crippen LogP contribution in [0.25, 0.3) is 0 Å². The van der Waals surface area contributed by atoms with Crippen LogP contribution in [0.4, 0.5) is 5.82 Å². The number of Topliss-reactive ketones (excluding diaryl/α,β-unsaturated/α-hetero) is 1. The van der Waals surface area contributed by atoms with Crippen LogP contribution >= 0.6 is 0 Å². The highest BCUT2D eigenvalue weighted by Gasteiger charge is 2.23. The Bertz CT molecular complexity index is 407. The monoisotopic (exact) mass is 223 g/mol. The van der Waals surface area contributed by atoms with Crippen molar-refractivity contribution in [3.05, 3.63) is 22.6 Å². The minimum Gasteiger partial charge on any atom is -0.358 e. The summed E-state index contributed by atoms with van der Waals surface area (Å²) in [7, 11) is 0. The number of nitrogens with zero attached hydrogens (tertiary/aromatic N) is 3. The van der Waals surface area contributed by atoms with E-state index >= 15 is 0 Å². The molecule has 0 N–H and O–H groups in total. The van der Waals surface area contributed by atoms with Crippen molar-refractivity contribution in [3.63, 3.8) is 0 Å². The summed E-state index contributed by atoms with van der Waals surface area (Å²) >= 11 is 0. The predicted octanol–water partition coefficient (Wildman–Crippen LogP) is 1.55. The molecule has 1 aromatic heterocycles. The van der Waals surface area contributed by atoms with Gasteiger partial charge in [0.05, 0.1) is 6.54 Å². The second-order valence-corrected chi connectivity index (χ2v) is 4.11. The van der Waals surface area contributed by atoms with E-state index in [2.05, 4.69) is 4.98 Å². The van der Waals surface area contributed by atoms with E-state index in [1.165, 1.54) is 17.1 Å². The van der Waals surface area contributed by atoms with Crippen LogP contribution in [0.2, 0.25) is 0 Å². The maximum atomic E-state index is 11.8. The Morgan fingerprint density at radius 1 is 1.56 bits per heavy atom. The molecule has 0 bridgehead atoms. The molecule has 1 saturated carbocycles. The molecule has 16 heavy (non-hydrogen) atoms. The van der Waals surface area contributed by atoms with Gasteiger partial charge in [0.2, 0.25) is 6.33 Å². The predicted molar refractivity (Wildman–Crippen MR) is 55.8 cm³/mol. The number of nitro groups is 1. The van der Waals surface area contributed by atoms with Gasteiger partial charge in [-0.1, -0.05) is 12.8 Å². The van der Waals surface area contributed by atoms with E-state index in [9.17, 15) is 14.9 Å². The van der Waals surface area contributed by atoms with Crippen molar-refractivity contribution in [2.45, 2.75) is 32.2 Å². The van der Waals surface area contributed by atoms with Gasteiger partial charge in [-0.05, 0) is 22.7 Å². The van der Waals surface area contributed by atoms with Gasteiger partial charge in [0.25, 0.3) is 0 Å². The summed E-state index contributed by atoms with van der Waals surface area (Å²) in [5.74, 6) is 0.0884. The number of carbonyl (C=O) groups is 1. The molecular formula is C10H13N3O3. The molecule has 6 heteroatoms. The van der Waals surface area contributed by atoms with Crippen molar-refractivity contribution >= 4 is 11.6 Å². The molecule has 2 rings (SSSR count). The van der Waals surface area contributed by atoms with Crippen molar-refractivity contribution in [1.29, 1.82) is 0 Å². The molecule has 0 spiro atoms. The van der Waals surface area contributed by atoms with Crippen LogP contribution in [-0.2, 0) is 11.3 Å². The third kappa shape index (κ3) is 2.26. The second kappa shape index (κ2) is 4.42. The first-order valence-corrected chi connectivity index (χ1v) is 5.35. The molecule has 1 heterocycles. The Labute approximate surface area is 92.4 Å². The molecular weight excluding hydrogens is 210 g/mol. The quantitative estimate of drug-likeness (QED) is 0.573. The Morgan fingerprint density at radius 2 is 2.25 bits per heavy atom. The van der Waals surface area contributed by atoms with E-state index in [0.29, 0.717) is 0 Å². The number of hydrogen-bond donors (Lipinski definition) is 0. The van der Waals surface area contributed by atoms with Gasteiger partial charge in [0, 0.05) is 5.92 Å². The lowest BCUT2D eigenvalue weighted by Gasteiger charge is -2.06. The molecule has 0 saturated heterocycles. The van der Waals surface area contributed by atoms with E-state index in [1.807, 2.05) is 0 Å². The highest BCUT2D eigenvalue weighted by Crippen LogP contribution is 2.25. The van der Waals surface area contributed by atoms with Crippen molar-refractivity contribution < 1.29 is 9.72 Å². The second-order valence-electron chi connectivity index (χ2n) is 4.11. The fourth-order valence-electron chi connectivity index (χ4n) is 2.09. The molecule has 0 radical (unpaired) electrons. The normalized spacial score (nSPS) is 16.5. The fraction of sp³-hybridized carbons (Fsp3) is 0.600. The Morgan fingerprint density at radius 3 is 2.81 bits per heavy atom. The summed E-state index contributed by atoms with van der Waals surface area (Å²) in [4.78, 5) is 25.2. The van der Waals surface area contributed by atoms with E-state index in [-0.39, 0.29) is 24.1 Å². The lowest BCUT2D eigenvalue weighted by atomic mass is 10.0. The average molecular weight is 223 g/mol. The smallest absolute Gasteiger partial charge is 0.358 e. The van der Waals surface area contributed by atoms with E-state index < -0.39 is 4.92 Å². The van der Waals surface area contributed by atoms with Crippen molar-refractivity contribution in [2.24, 2.45) is 5.92 Å². The number of rotatable bonds is 4. The maximum Gasteiger partial charge on any atom is 0.381 e. The van der Waals surface area contributed by atoms with E-state index in [0.717, 1.165) is 25.7 Å². The zero-order chi connectivity index (χ0) is 11.5. The van der Waals surface area contributed by atoms with Gasteiger partial charge in [-0.25, -0.2) is 0 Å². The van der Waals surface area contributed by atoms with Crippen LogP contribution in [-0.4, -0.2) is 20.3 Å². The summed E-state index contributed by atoms with van der Waals surface area (Å²) in [6, 6.07) is 0. The molecule has 1 aromatic rings. The van der Waals surface area contributed by atoms with Crippen LogP contribution in [0.3, 0.4) is 0 Å². The van der Waals surface area contributed by atoms with Gasteiger partial charge >= 0.3 is 5.82 Å². The molecule has 0 unspecified atom stereocenters. The van der Waals surface area contributed by atoms with Gasteiger partial charge in [-0.2, -0.15) is 0 Å². The third-order valence-corrected chi connectivity index (χ3v) is 2.96. The molecule has 6 nitrogen and oxygen atoms in total. The van der Waals surface area contributed by atoms with Crippen molar-refractivity contribution in [1.82, 2.24) is 9.55 Å². The topological polar surface area (TPSA) is 78.0 Å². The zero-order valence-electron chi connectivity index (χ0n) is 8.83. The molecule has 1 aliphatic carbocycles. The van der Waals surface area contributed by atoms with Gasteiger partial charge in [-0.15, -0.1) is 0 Å². The molecule has 0 aromatic carbocycles. The summed E-state index contributed by atoms with van der Waals surface area (Å²) in [6.07, 6.45) is 6.77. The summed E-state index contributed by atoms with van der Waals surface area (Å²) in [5, 5.41) is 10.4. The first-order chi connectivity index (χ1) is 7.66. The fourth-order valence-corrected chi connectivity index (χ4v) is 2.09. The first-order valence-electron chi connectivity index (χ1n) is 5.35. The molecule has 1 aliphatic rings. The zero-order valence-corrected chi connectivity index (χ0v) is 8.83. The number of imidazole rings is 1. The lowest BCUT2D eigenvalue weighted by Crippen LogP contribution is -2.16. The van der Waals surface area contributed by atoms with Gasteiger partial charge < -0.3 is 14.7 Å². The molecule has 1 fully saturated rings. The van der Waals surface area contributed by atoms with Crippen LogP contribution in [0.5, 0.6) is 0 Å². The standard InChI is InChI=1S/C10H13N3O3/c14-9(8-3-1-2-4-8)5-12-6-10(11-7-12)13(15)16/h6-8H,1-5H2. The van der Waals surface area contributed by atoms with Crippen molar-refractivity contribution in [2.75, 3.05) is 0 Å². The number of hydrogen-bond acceptors (Lipinski definition) is 4. The maximum absolute atomic E-state index is 11.8. The van der Waals surface area contributed by atoms with Crippen LogP contribution in [0.1, 0.15) is 25.7 Å². The summed E-state index contributed by atoms with van der Waals surface area (Å²) in [6.45, 7) is 0.200. The average Bonchev–Trinajstić information content (AvgIpc) is 2.87. The van der Waals surface area contributed by atoms with Gasteiger partial charge in [-0.3, -0.25) is 4.79 Å². The summed E-state index contributed by atoms with van der Waals surface area (Å²) in [5.41, 5.74) is 0. The SMILES string of the molecule is O=C(Cn1cnc([N+](=O)[O-])c1)C1CCCC1. The third-order valence-electron chi connectivity index (χ3n) is 2.96. The highest BCUT2D eigenvalue weighted by atomic mass is 16.6. The molecule has 0 aliphatic heterocycles. The van der Waals surface area contributed by atoms with Crippen LogP contribution in [0.15, 0.2) is 12.5 Å². The Balaban J connectivity index is 1.97. The molecule has 0 amide bonds. The minimum absolute atomic E-state index is 0.140. The van der Waals surface area contributed by atoms with E-state index in [4.69, 9.17) is 0 Å². The number of aromatic nitrogens is 2. The molecule has 0 atom stereocenters. The van der Waals surface area contributed by atoms with Crippen molar-refractivity contribution in [3.8, 4) is 0 Å². The van der Waals surface area contributed by atoms with Gasteiger partial charge in [0.15, 0.2) is 5.78 Å². The number of carbonyl (C=O) groups excluding carboxylic acids is 1. The lowest BCUT2D eigenvalue weighted by molar-refractivity contribution is -0.389. The Kier molecular flexibility index (Phi) is 2.98. The Hall–Kier alpha value is -1.72. The summed E-state index contributed by atoms with van der Waals surface area (Å²) < 4.78 is 1.48. The van der Waals surface area contributed by atoms with Crippen LogP contribution < -0.4 is 0 Å². The molecule has 86 valence electrons. The number of ketones is 1. The highest BCUT2D eigenvalue weighted by molar-refractivity contribution is 5.81. The largest absolute Gasteiger partial charge is 0.381 e.